The molecule has 0 heterocycles. The van der Waals surface area contributed by atoms with Crippen LogP contribution >= 0.6 is 0 Å². The van der Waals surface area contributed by atoms with Gasteiger partial charge in [-0.3, -0.25) is 0 Å². The summed E-state index contributed by atoms with van der Waals surface area (Å²) in [7, 11) is -3.22. The SMILES string of the molecule is CC(Nc1ccccc1S(C)(=O)=O)c1ccccc1. The van der Waals surface area contributed by atoms with Gasteiger partial charge in [0.1, 0.15) is 0 Å². The van der Waals surface area contributed by atoms with E-state index in [-0.39, 0.29) is 6.04 Å². The summed E-state index contributed by atoms with van der Waals surface area (Å²) in [5.74, 6) is 0. The molecule has 1 atom stereocenters. The monoisotopic (exact) mass is 275 g/mol. The molecule has 1 N–H and O–H groups in total. The Labute approximate surface area is 114 Å². The van der Waals surface area contributed by atoms with Crippen molar-refractivity contribution < 1.29 is 8.42 Å². The number of hydrogen-bond acceptors (Lipinski definition) is 3. The van der Waals surface area contributed by atoms with Crippen molar-refractivity contribution in [2.75, 3.05) is 11.6 Å². The molecular formula is C15H17NO2S. The second-order valence-electron chi connectivity index (χ2n) is 4.55. The molecule has 0 spiro atoms. The average molecular weight is 275 g/mol. The van der Waals surface area contributed by atoms with Crippen LogP contribution < -0.4 is 5.32 Å². The first-order chi connectivity index (χ1) is 8.98. The lowest BCUT2D eigenvalue weighted by Gasteiger charge is -2.17. The molecule has 0 fully saturated rings. The Morgan fingerprint density at radius 1 is 0.947 bits per heavy atom. The molecule has 0 aromatic heterocycles. The molecule has 2 rings (SSSR count). The van der Waals surface area contributed by atoms with E-state index in [9.17, 15) is 8.42 Å². The van der Waals surface area contributed by atoms with Gasteiger partial charge in [0.2, 0.25) is 0 Å². The number of anilines is 1. The molecule has 0 saturated carbocycles. The summed E-state index contributed by atoms with van der Waals surface area (Å²) >= 11 is 0. The molecule has 2 aromatic carbocycles. The van der Waals surface area contributed by atoms with Crippen LogP contribution in [0.15, 0.2) is 59.5 Å². The van der Waals surface area contributed by atoms with Gasteiger partial charge in [0.25, 0.3) is 0 Å². The van der Waals surface area contributed by atoms with E-state index in [1.807, 2.05) is 43.3 Å². The van der Waals surface area contributed by atoms with Crippen molar-refractivity contribution in [2.45, 2.75) is 17.9 Å². The summed E-state index contributed by atoms with van der Waals surface area (Å²) in [5.41, 5.74) is 1.76. The molecule has 0 aliphatic heterocycles. The molecule has 0 radical (unpaired) electrons. The Kier molecular flexibility index (Phi) is 3.90. The van der Waals surface area contributed by atoms with Crippen molar-refractivity contribution in [1.82, 2.24) is 0 Å². The maximum Gasteiger partial charge on any atom is 0.177 e. The summed E-state index contributed by atoms with van der Waals surface area (Å²) in [6.07, 6.45) is 1.22. The van der Waals surface area contributed by atoms with Crippen LogP contribution in [-0.2, 0) is 9.84 Å². The average Bonchev–Trinajstić information content (AvgIpc) is 2.39. The van der Waals surface area contributed by atoms with Gasteiger partial charge < -0.3 is 5.32 Å². The van der Waals surface area contributed by atoms with Gasteiger partial charge in [0.05, 0.1) is 10.6 Å². The summed E-state index contributed by atoms with van der Waals surface area (Å²) in [6.45, 7) is 2.01. The Hall–Kier alpha value is -1.81. The maximum absolute atomic E-state index is 11.7. The number of hydrogen-bond donors (Lipinski definition) is 1. The number of benzene rings is 2. The number of para-hydroxylation sites is 1. The van der Waals surface area contributed by atoms with E-state index in [4.69, 9.17) is 0 Å². The molecule has 0 saturated heterocycles. The lowest BCUT2D eigenvalue weighted by atomic mass is 10.1. The highest BCUT2D eigenvalue weighted by Crippen LogP contribution is 2.25. The molecule has 0 aliphatic rings. The molecule has 100 valence electrons. The van der Waals surface area contributed by atoms with Crippen LogP contribution in [0.1, 0.15) is 18.5 Å². The molecular weight excluding hydrogens is 258 g/mol. The van der Waals surface area contributed by atoms with E-state index in [2.05, 4.69) is 5.32 Å². The highest BCUT2D eigenvalue weighted by Gasteiger charge is 2.14. The summed E-state index contributed by atoms with van der Waals surface area (Å²) in [5, 5.41) is 3.25. The fourth-order valence-corrected chi connectivity index (χ4v) is 2.82. The summed E-state index contributed by atoms with van der Waals surface area (Å²) < 4.78 is 23.5. The smallest absolute Gasteiger partial charge is 0.177 e. The van der Waals surface area contributed by atoms with Crippen LogP contribution in [0.4, 0.5) is 5.69 Å². The molecule has 0 aliphatic carbocycles. The predicted molar refractivity (Wildman–Crippen MR) is 78.0 cm³/mol. The van der Waals surface area contributed by atoms with Crippen molar-refractivity contribution in [1.29, 1.82) is 0 Å². The Bertz CT molecular complexity index is 651. The van der Waals surface area contributed by atoms with Crippen LogP contribution in [0.5, 0.6) is 0 Å². The topological polar surface area (TPSA) is 46.2 Å². The first-order valence-electron chi connectivity index (χ1n) is 6.09. The third kappa shape index (κ3) is 3.35. The van der Waals surface area contributed by atoms with Gasteiger partial charge >= 0.3 is 0 Å². The number of rotatable bonds is 4. The first-order valence-corrected chi connectivity index (χ1v) is 7.98. The minimum atomic E-state index is -3.22. The van der Waals surface area contributed by atoms with Crippen LogP contribution in [-0.4, -0.2) is 14.7 Å². The third-order valence-electron chi connectivity index (χ3n) is 2.96. The molecule has 2 aromatic rings. The minimum absolute atomic E-state index is 0.0455. The van der Waals surface area contributed by atoms with E-state index in [1.54, 1.807) is 18.2 Å². The maximum atomic E-state index is 11.7. The highest BCUT2D eigenvalue weighted by atomic mass is 32.2. The van der Waals surface area contributed by atoms with Crippen molar-refractivity contribution in [3.8, 4) is 0 Å². The minimum Gasteiger partial charge on any atom is -0.377 e. The molecule has 0 amide bonds. The third-order valence-corrected chi connectivity index (χ3v) is 4.11. The Balaban J connectivity index is 2.30. The van der Waals surface area contributed by atoms with Crippen molar-refractivity contribution in [3.05, 3.63) is 60.2 Å². The molecule has 1 unspecified atom stereocenters. The van der Waals surface area contributed by atoms with Gasteiger partial charge in [0.15, 0.2) is 9.84 Å². The normalized spacial score (nSPS) is 12.9. The van der Waals surface area contributed by atoms with Gasteiger partial charge in [-0.25, -0.2) is 8.42 Å². The Morgan fingerprint density at radius 3 is 2.16 bits per heavy atom. The van der Waals surface area contributed by atoms with Gasteiger partial charge in [-0.2, -0.15) is 0 Å². The standard InChI is InChI=1S/C15H17NO2S/c1-12(13-8-4-3-5-9-13)16-14-10-6-7-11-15(14)19(2,17)18/h3-12,16H,1-2H3. The lowest BCUT2D eigenvalue weighted by molar-refractivity contribution is 0.602. The van der Waals surface area contributed by atoms with Crippen molar-refractivity contribution in [3.63, 3.8) is 0 Å². The quantitative estimate of drug-likeness (QED) is 0.931. The van der Waals surface area contributed by atoms with E-state index in [0.717, 1.165) is 5.56 Å². The van der Waals surface area contributed by atoms with E-state index < -0.39 is 9.84 Å². The van der Waals surface area contributed by atoms with Gasteiger partial charge in [-0.1, -0.05) is 42.5 Å². The Morgan fingerprint density at radius 2 is 1.53 bits per heavy atom. The van der Waals surface area contributed by atoms with E-state index in [0.29, 0.717) is 10.6 Å². The second-order valence-corrected chi connectivity index (χ2v) is 6.53. The van der Waals surface area contributed by atoms with Gasteiger partial charge in [0, 0.05) is 12.3 Å². The van der Waals surface area contributed by atoms with E-state index >= 15 is 0 Å². The molecule has 19 heavy (non-hydrogen) atoms. The molecule has 3 nitrogen and oxygen atoms in total. The lowest BCUT2D eigenvalue weighted by Crippen LogP contribution is -2.10. The molecule has 0 bridgehead atoms. The fourth-order valence-electron chi connectivity index (χ4n) is 1.97. The van der Waals surface area contributed by atoms with Crippen LogP contribution in [0.3, 0.4) is 0 Å². The number of sulfone groups is 1. The summed E-state index contributed by atoms with van der Waals surface area (Å²) in [4.78, 5) is 0.331. The van der Waals surface area contributed by atoms with Gasteiger partial charge in [-0.05, 0) is 24.6 Å². The van der Waals surface area contributed by atoms with E-state index in [1.165, 1.54) is 6.26 Å². The van der Waals surface area contributed by atoms with Crippen LogP contribution in [0, 0.1) is 0 Å². The van der Waals surface area contributed by atoms with Gasteiger partial charge in [-0.15, -0.1) is 0 Å². The first kappa shape index (κ1) is 13.6. The van der Waals surface area contributed by atoms with Crippen molar-refractivity contribution >= 4 is 15.5 Å². The van der Waals surface area contributed by atoms with Crippen LogP contribution in [0.2, 0.25) is 0 Å². The van der Waals surface area contributed by atoms with Crippen LogP contribution in [0.25, 0.3) is 0 Å². The molecule has 4 heteroatoms. The highest BCUT2D eigenvalue weighted by molar-refractivity contribution is 7.90. The zero-order chi connectivity index (χ0) is 13.9. The number of nitrogens with one attached hydrogen (secondary N) is 1. The zero-order valence-electron chi connectivity index (χ0n) is 11.0. The summed E-state index contributed by atoms with van der Waals surface area (Å²) in [6, 6.07) is 16.9. The predicted octanol–water partition coefficient (Wildman–Crippen LogP) is 3.26. The second kappa shape index (κ2) is 5.45. The fraction of sp³-hybridized carbons (Fsp3) is 0.200. The van der Waals surface area contributed by atoms with Crippen molar-refractivity contribution in [2.24, 2.45) is 0 Å². The largest absolute Gasteiger partial charge is 0.377 e. The zero-order valence-corrected chi connectivity index (χ0v) is 11.8.